The Labute approximate surface area is 212 Å². The number of hydrogen-bond donors (Lipinski definition) is 2. The van der Waals surface area contributed by atoms with Crippen LogP contribution in [-0.4, -0.2) is 40.5 Å². The molecule has 3 aromatic carbocycles. The van der Waals surface area contributed by atoms with Gasteiger partial charge in [0.05, 0.1) is 18.7 Å². The summed E-state index contributed by atoms with van der Waals surface area (Å²) in [7, 11) is 0. The Balaban J connectivity index is 1.58. The van der Waals surface area contributed by atoms with E-state index >= 15 is 0 Å². The fourth-order valence-corrected chi connectivity index (χ4v) is 4.08. The molecule has 0 bridgehead atoms. The molecule has 0 aromatic heterocycles. The Bertz CT molecular complexity index is 1290. The van der Waals surface area contributed by atoms with E-state index in [9.17, 15) is 18.8 Å². The molecule has 1 heterocycles. The second-order valence-electron chi connectivity index (χ2n) is 7.84. The molecule has 36 heavy (non-hydrogen) atoms. The number of hydrazine groups is 1. The van der Waals surface area contributed by atoms with Gasteiger partial charge >= 0.3 is 0 Å². The van der Waals surface area contributed by atoms with Crippen molar-refractivity contribution >= 4 is 46.4 Å². The van der Waals surface area contributed by atoms with Crippen molar-refractivity contribution in [3.63, 3.8) is 0 Å². The summed E-state index contributed by atoms with van der Waals surface area (Å²) in [5.41, 5.74) is 3.81. The van der Waals surface area contributed by atoms with Gasteiger partial charge in [-0.2, -0.15) is 0 Å². The van der Waals surface area contributed by atoms with E-state index in [1.165, 1.54) is 34.2 Å². The molecule has 0 aliphatic carbocycles. The molecule has 4 rings (SSSR count). The highest BCUT2D eigenvalue weighted by atomic mass is 32.1. The molecule has 1 aliphatic heterocycles. The van der Waals surface area contributed by atoms with Gasteiger partial charge in [-0.15, -0.1) is 0 Å². The van der Waals surface area contributed by atoms with Gasteiger partial charge in [-0.25, -0.2) is 9.40 Å². The summed E-state index contributed by atoms with van der Waals surface area (Å²) in [6, 6.07) is 19.3. The highest BCUT2D eigenvalue weighted by Gasteiger charge is 2.45. The van der Waals surface area contributed by atoms with Crippen LogP contribution in [0, 0.1) is 5.82 Å². The molecule has 3 aromatic rings. The van der Waals surface area contributed by atoms with Crippen LogP contribution in [0.5, 0.6) is 5.75 Å². The largest absolute Gasteiger partial charge is 0.494 e. The molecule has 2 N–H and O–H groups in total. The van der Waals surface area contributed by atoms with E-state index in [4.69, 9.17) is 17.0 Å². The predicted octanol–water partition coefficient (Wildman–Crippen LogP) is 3.90. The summed E-state index contributed by atoms with van der Waals surface area (Å²) in [6.07, 6.45) is -0.301. The fourth-order valence-electron chi connectivity index (χ4n) is 3.71. The molecule has 8 nitrogen and oxygen atoms in total. The summed E-state index contributed by atoms with van der Waals surface area (Å²) in [4.78, 5) is 40.4. The normalized spacial score (nSPS) is 15.1. The van der Waals surface area contributed by atoms with Crippen LogP contribution in [0.2, 0.25) is 0 Å². The van der Waals surface area contributed by atoms with Gasteiger partial charge in [0.1, 0.15) is 17.6 Å². The summed E-state index contributed by atoms with van der Waals surface area (Å²) < 4.78 is 18.9. The van der Waals surface area contributed by atoms with Crippen molar-refractivity contribution in [3.05, 3.63) is 90.2 Å². The number of thiocarbonyl (C=S) groups is 1. The van der Waals surface area contributed by atoms with Crippen LogP contribution in [0.15, 0.2) is 78.9 Å². The van der Waals surface area contributed by atoms with Gasteiger partial charge in [0.25, 0.3) is 11.8 Å². The highest BCUT2D eigenvalue weighted by Crippen LogP contribution is 2.27. The molecule has 1 atom stereocenters. The van der Waals surface area contributed by atoms with Gasteiger partial charge in [0, 0.05) is 17.3 Å². The summed E-state index contributed by atoms with van der Waals surface area (Å²) in [5.74, 6) is -1.38. The molecule has 1 unspecified atom stereocenters. The number of carbonyl (C=O) groups excluding carboxylic acids is 3. The molecule has 1 fully saturated rings. The number of amides is 3. The number of ether oxygens (including phenoxy) is 1. The third-order valence-electron chi connectivity index (χ3n) is 5.36. The number of rotatable bonds is 8. The maximum absolute atomic E-state index is 13.5. The van der Waals surface area contributed by atoms with Crippen LogP contribution >= 0.6 is 12.2 Å². The Hall–Kier alpha value is -4.31. The van der Waals surface area contributed by atoms with Gasteiger partial charge < -0.3 is 10.1 Å². The Morgan fingerprint density at radius 2 is 1.75 bits per heavy atom. The third-order valence-corrected chi connectivity index (χ3v) is 5.74. The average molecular weight is 507 g/mol. The zero-order valence-electron chi connectivity index (χ0n) is 19.3. The van der Waals surface area contributed by atoms with Crippen molar-refractivity contribution in [2.24, 2.45) is 0 Å². The first-order valence-corrected chi connectivity index (χ1v) is 11.6. The molecule has 0 spiro atoms. The number of nitrogens with zero attached hydrogens (tertiary/aromatic N) is 2. The molecular weight excluding hydrogens is 483 g/mol. The lowest BCUT2D eigenvalue weighted by molar-refractivity contribution is -0.124. The van der Waals surface area contributed by atoms with Gasteiger partial charge in [0.15, 0.2) is 0 Å². The summed E-state index contributed by atoms with van der Waals surface area (Å²) >= 11 is 5.50. The van der Waals surface area contributed by atoms with Gasteiger partial charge in [-0.1, -0.05) is 24.3 Å². The van der Waals surface area contributed by atoms with Crippen LogP contribution in [0.3, 0.4) is 0 Å². The predicted molar refractivity (Wildman–Crippen MR) is 137 cm³/mol. The summed E-state index contributed by atoms with van der Waals surface area (Å²) in [6.45, 7) is 2.33. The van der Waals surface area contributed by atoms with Crippen molar-refractivity contribution in [1.29, 1.82) is 0 Å². The van der Waals surface area contributed by atoms with Crippen LogP contribution in [0.4, 0.5) is 15.8 Å². The van der Waals surface area contributed by atoms with E-state index in [1.54, 1.807) is 54.6 Å². The first-order chi connectivity index (χ1) is 17.4. The SMILES string of the molecule is CCOc1cccc(NC(=O)CC2C(=O)N(c3ccc(F)cc3)C(=S)N2NC(=O)c2ccccc2)c1. The summed E-state index contributed by atoms with van der Waals surface area (Å²) in [5, 5.41) is 3.91. The van der Waals surface area contributed by atoms with E-state index in [0.29, 0.717) is 29.3 Å². The van der Waals surface area contributed by atoms with Crippen molar-refractivity contribution in [2.45, 2.75) is 19.4 Å². The quantitative estimate of drug-likeness (QED) is 0.451. The van der Waals surface area contributed by atoms with Crippen LogP contribution in [0.1, 0.15) is 23.7 Å². The molecule has 0 radical (unpaired) electrons. The zero-order chi connectivity index (χ0) is 25.7. The standard InChI is InChI=1S/C26H23FN4O4S/c1-2-35-21-10-6-9-19(15-21)28-23(32)16-22-25(34)30(20-13-11-18(27)12-14-20)26(36)31(22)29-24(33)17-7-4-3-5-8-17/h3-15,22H,2,16H2,1H3,(H,28,32)(H,29,33). The molecule has 3 amide bonds. The lowest BCUT2D eigenvalue weighted by Crippen LogP contribution is -2.49. The molecular formula is C26H23FN4O4S. The average Bonchev–Trinajstić information content (AvgIpc) is 3.09. The molecule has 1 saturated heterocycles. The first-order valence-electron chi connectivity index (χ1n) is 11.2. The van der Waals surface area contributed by atoms with E-state index in [2.05, 4.69) is 10.7 Å². The van der Waals surface area contributed by atoms with Crippen LogP contribution < -0.4 is 20.4 Å². The number of hydrogen-bond acceptors (Lipinski definition) is 5. The van der Waals surface area contributed by atoms with E-state index in [1.807, 2.05) is 6.92 Å². The monoisotopic (exact) mass is 506 g/mol. The Morgan fingerprint density at radius 1 is 1.03 bits per heavy atom. The first kappa shape index (κ1) is 24.8. The molecule has 0 saturated carbocycles. The number of benzene rings is 3. The third kappa shape index (κ3) is 5.49. The van der Waals surface area contributed by atoms with Crippen LogP contribution in [-0.2, 0) is 9.59 Å². The van der Waals surface area contributed by atoms with Crippen molar-refractivity contribution in [1.82, 2.24) is 10.4 Å². The number of anilines is 2. The van der Waals surface area contributed by atoms with Crippen molar-refractivity contribution in [2.75, 3.05) is 16.8 Å². The highest BCUT2D eigenvalue weighted by molar-refractivity contribution is 7.80. The lowest BCUT2D eigenvalue weighted by Gasteiger charge is -2.24. The van der Waals surface area contributed by atoms with Gasteiger partial charge in [0.2, 0.25) is 11.0 Å². The Kier molecular flexibility index (Phi) is 7.55. The van der Waals surface area contributed by atoms with E-state index in [0.717, 1.165) is 0 Å². The number of halogens is 1. The lowest BCUT2D eigenvalue weighted by atomic mass is 10.1. The van der Waals surface area contributed by atoms with Crippen molar-refractivity contribution in [3.8, 4) is 5.75 Å². The van der Waals surface area contributed by atoms with Gasteiger partial charge in [-0.3, -0.25) is 24.7 Å². The minimum atomic E-state index is -1.12. The van der Waals surface area contributed by atoms with E-state index in [-0.39, 0.29) is 11.5 Å². The number of carbonyl (C=O) groups is 3. The minimum absolute atomic E-state index is 0.0352. The smallest absolute Gasteiger partial charge is 0.269 e. The second-order valence-corrected chi connectivity index (χ2v) is 8.20. The minimum Gasteiger partial charge on any atom is -0.494 e. The molecule has 10 heteroatoms. The Morgan fingerprint density at radius 3 is 2.44 bits per heavy atom. The van der Waals surface area contributed by atoms with Gasteiger partial charge in [-0.05, 0) is 67.7 Å². The zero-order valence-corrected chi connectivity index (χ0v) is 20.1. The second kappa shape index (κ2) is 11.0. The topological polar surface area (TPSA) is 91.0 Å². The fraction of sp³-hybridized carbons (Fsp3) is 0.154. The maximum Gasteiger partial charge on any atom is 0.269 e. The maximum atomic E-state index is 13.5. The van der Waals surface area contributed by atoms with Crippen LogP contribution in [0.25, 0.3) is 0 Å². The van der Waals surface area contributed by atoms with E-state index < -0.39 is 29.6 Å². The van der Waals surface area contributed by atoms with Crippen molar-refractivity contribution < 1.29 is 23.5 Å². The molecule has 1 aliphatic rings. The molecule has 184 valence electrons. The number of nitrogens with one attached hydrogen (secondary N) is 2.